The molecule has 0 radical (unpaired) electrons. The third kappa shape index (κ3) is 9.65. The highest BCUT2D eigenvalue weighted by Crippen LogP contribution is 2.27. The Morgan fingerprint density at radius 2 is 1.53 bits per heavy atom. The maximum absolute atomic E-state index is 13.6. The Hall–Kier alpha value is -5.20. The third-order valence-corrected chi connectivity index (χ3v) is 7.45. The summed E-state index contributed by atoms with van der Waals surface area (Å²) < 4.78 is 1.16. The molecule has 0 spiro atoms. The zero-order chi connectivity index (χ0) is 35.1. The van der Waals surface area contributed by atoms with Crippen molar-refractivity contribution in [1.82, 2.24) is 25.8 Å². The SMILES string of the molecule is CC(C)C[C@H](NC(=O)[C@@H](Cc1ccccc1)NC(=O)C(C)(C)C)C(=O)NCc1ccc2c(c1)c(O)c(C(=O)NCC(=O)O)c(=O)n2C. The van der Waals surface area contributed by atoms with Crippen molar-refractivity contribution in [2.75, 3.05) is 6.54 Å². The molecule has 0 saturated heterocycles. The van der Waals surface area contributed by atoms with E-state index in [9.17, 15) is 33.9 Å². The number of aliphatic carboxylic acids is 1. The second-order valence-electron chi connectivity index (χ2n) is 12.9. The Bertz CT molecular complexity index is 1710. The monoisotopic (exact) mass is 649 g/mol. The molecule has 0 saturated carbocycles. The summed E-state index contributed by atoms with van der Waals surface area (Å²) in [7, 11) is 1.41. The summed E-state index contributed by atoms with van der Waals surface area (Å²) in [5, 5.41) is 30.4. The molecule has 3 aromatic rings. The third-order valence-electron chi connectivity index (χ3n) is 7.45. The van der Waals surface area contributed by atoms with Gasteiger partial charge in [0.05, 0.1) is 5.52 Å². The molecule has 0 unspecified atom stereocenters. The van der Waals surface area contributed by atoms with Crippen molar-refractivity contribution in [2.24, 2.45) is 18.4 Å². The number of hydrogen-bond donors (Lipinski definition) is 6. The fourth-order valence-corrected chi connectivity index (χ4v) is 4.86. The van der Waals surface area contributed by atoms with E-state index in [2.05, 4.69) is 21.3 Å². The lowest BCUT2D eigenvalue weighted by Crippen LogP contribution is -2.55. The van der Waals surface area contributed by atoms with Gasteiger partial charge in [-0.25, -0.2) is 0 Å². The lowest BCUT2D eigenvalue weighted by Gasteiger charge is -2.27. The topological polar surface area (TPSA) is 196 Å². The van der Waals surface area contributed by atoms with Crippen LogP contribution in [0.15, 0.2) is 53.3 Å². The second kappa shape index (κ2) is 15.4. The molecule has 0 fully saturated rings. The summed E-state index contributed by atoms with van der Waals surface area (Å²) in [4.78, 5) is 76.0. The summed E-state index contributed by atoms with van der Waals surface area (Å²) in [5.41, 5.74) is -0.490. The Kier molecular flexibility index (Phi) is 11.9. The van der Waals surface area contributed by atoms with Crippen LogP contribution in [0, 0.1) is 11.3 Å². The van der Waals surface area contributed by atoms with Crippen molar-refractivity contribution in [1.29, 1.82) is 0 Å². The number of carboxylic acids is 1. The van der Waals surface area contributed by atoms with E-state index in [0.29, 0.717) is 17.5 Å². The van der Waals surface area contributed by atoms with Crippen molar-refractivity contribution >= 4 is 40.5 Å². The van der Waals surface area contributed by atoms with Crippen molar-refractivity contribution in [3.63, 3.8) is 0 Å². The molecule has 6 N–H and O–H groups in total. The highest BCUT2D eigenvalue weighted by Gasteiger charge is 2.31. The first-order valence-electron chi connectivity index (χ1n) is 15.3. The fourth-order valence-electron chi connectivity index (χ4n) is 4.86. The molecule has 0 bridgehead atoms. The molecule has 4 amide bonds. The van der Waals surface area contributed by atoms with E-state index in [-0.39, 0.29) is 30.2 Å². The molecule has 252 valence electrons. The van der Waals surface area contributed by atoms with E-state index < -0.39 is 64.6 Å². The first kappa shape index (κ1) is 36.3. The van der Waals surface area contributed by atoms with Crippen molar-refractivity contribution in [3.8, 4) is 5.75 Å². The number of hydrogen-bond acceptors (Lipinski definition) is 7. The molecule has 0 aliphatic carbocycles. The molecule has 0 aliphatic rings. The number of nitrogens with one attached hydrogen (secondary N) is 4. The van der Waals surface area contributed by atoms with Crippen molar-refractivity contribution < 1.29 is 34.2 Å². The highest BCUT2D eigenvalue weighted by atomic mass is 16.4. The smallest absolute Gasteiger partial charge is 0.322 e. The van der Waals surface area contributed by atoms with Gasteiger partial charge in [-0.15, -0.1) is 0 Å². The van der Waals surface area contributed by atoms with Crippen LogP contribution in [0.3, 0.4) is 0 Å². The molecule has 13 nitrogen and oxygen atoms in total. The van der Waals surface area contributed by atoms with Gasteiger partial charge in [0.1, 0.15) is 29.9 Å². The molecule has 1 aromatic heterocycles. The zero-order valence-electron chi connectivity index (χ0n) is 27.5. The molecular formula is C34H43N5O8. The largest absolute Gasteiger partial charge is 0.506 e. The van der Waals surface area contributed by atoms with Gasteiger partial charge in [-0.2, -0.15) is 0 Å². The molecular weight excluding hydrogens is 606 g/mol. The van der Waals surface area contributed by atoms with E-state index in [1.54, 1.807) is 32.9 Å². The summed E-state index contributed by atoms with van der Waals surface area (Å²) in [6.07, 6.45) is 0.544. The molecule has 2 aromatic carbocycles. The number of aromatic hydroxyl groups is 1. The average molecular weight is 650 g/mol. The minimum absolute atomic E-state index is 0.0176. The predicted octanol–water partition coefficient (Wildman–Crippen LogP) is 1.98. The predicted molar refractivity (Wildman–Crippen MR) is 176 cm³/mol. The summed E-state index contributed by atoms with van der Waals surface area (Å²) in [5.74, 6) is -4.22. The van der Waals surface area contributed by atoms with Gasteiger partial charge in [0.15, 0.2) is 0 Å². The van der Waals surface area contributed by atoms with Gasteiger partial charge < -0.3 is 36.0 Å². The maximum atomic E-state index is 13.6. The molecule has 2 atom stereocenters. The maximum Gasteiger partial charge on any atom is 0.322 e. The van der Waals surface area contributed by atoms with Crippen LogP contribution in [0.2, 0.25) is 0 Å². The number of amides is 4. The average Bonchev–Trinajstić information content (AvgIpc) is 3.00. The Morgan fingerprint density at radius 1 is 0.872 bits per heavy atom. The van der Waals surface area contributed by atoms with Gasteiger partial charge in [0.25, 0.3) is 11.5 Å². The summed E-state index contributed by atoms with van der Waals surface area (Å²) in [6.45, 7) is 8.31. The molecule has 13 heteroatoms. The number of fused-ring (bicyclic) bond motifs is 1. The Labute approximate surface area is 272 Å². The Balaban J connectivity index is 1.83. The number of aromatic nitrogens is 1. The minimum atomic E-state index is -1.32. The lowest BCUT2D eigenvalue weighted by atomic mass is 9.94. The lowest BCUT2D eigenvalue weighted by molar-refractivity contribution is -0.136. The quantitative estimate of drug-likeness (QED) is 0.162. The number of aryl methyl sites for hydroxylation is 1. The summed E-state index contributed by atoms with van der Waals surface area (Å²) in [6, 6.07) is 12.1. The minimum Gasteiger partial charge on any atom is -0.506 e. The van der Waals surface area contributed by atoms with Crippen LogP contribution in [0.4, 0.5) is 0 Å². The van der Waals surface area contributed by atoms with Gasteiger partial charge in [-0.05, 0) is 35.6 Å². The van der Waals surface area contributed by atoms with Crippen molar-refractivity contribution in [3.05, 3.63) is 75.6 Å². The second-order valence-corrected chi connectivity index (χ2v) is 12.9. The molecule has 3 rings (SSSR count). The highest BCUT2D eigenvalue weighted by molar-refractivity contribution is 6.03. The molecule has 1 heterocycles. The van der Waals surface area contributed by atoms with Crippen LogP contribution < -0.4 is 26.8 Å². The van der Waals surface area contributed by atoms with Crippen molar-refractivity contribution in [2.45, 2.75) is 66.1 Å². The number of carboxylic acid groups (broad SMARTS) is 1. The van der Waals surface area contributed by atoms with Crippen LogP contribution in [0.1, 0.15) is 62.5 Å². The number of carbonyl (C=O) groups excluding carboxylic acids is 4. The van der Waals surface area contributed by atoms with E-state index in [0.717, 1.165) is 10.1 Å². The molecule has 0 aliphatic heterocycles. The number of pyridine rings is 1. The first-order chi connectivity index (χ1) is 22.0. The van der Waals surface area contributed by atoms with E-state index in [1.807, 2.05) is 44.2 Å². The normalized spacial score (nSPS) is 12.7. The van der Waals surface area contributed by atoms with Crippen LogP contribution in [0.25, 0.3) is 10.9 Å². The van der Waals surface area contributed by atoms with E-state index >= 15 is 0 Å². The Morgan fingerprint density at radius 3 is 2.13 bits per heavy atom. The first-order valence-corrected chi connectivity index (χ1v) is 15.3. The fraction of sp³-hybridized carbons (Fsp3) is 0.412. The van der Waals surface area contributed by atoms with Gasteiger partial charge in [-0.3, -0.25) is 28.8 Å². The van der Waals surface area contributed by atoms with Crippen LogP contribution in [-0.2, 0) is 39.2 Å². The zero-order valence-corrected chi connectivity index (χ0v) is 27.5. The summed E-state index contributed by atoms with van der Waals surface area (Å²) >= 11 is 0. The van der Waals surface area contributed by atoms with Crippen LogP contribution in [-0.4, -0.2) is 63.0 Å². The molecule has 47 heavy (non-hydrogen) atoms. The van der Waals surface area contributed by atoms with Crippen LogP contribution in [0.5, 0.6) is 5.75 Å². The van der Waals surface area contributed by atoms with Crippen LogP contribution >= 0.6 is 0 Å². The van der Waals surface area contributed by atoms with Gasteiger partial charge in [0.2, 0.25) is 17.7 Å². The van der Waals surface area contributed by atoms with E-state index in [4.69, 9.17) is 5.11 Å². The number of benzene rings is 2. The standard InChI is InChI=1S/C34H43N5O8/c1-19(2)14-23(37-30(44)24(38-33(47)34(3,4)5)16-20-10-8-7-9-11-20)29(43)35-17-21-12-13-25-22(15-21)28(42)27(32(46)39(25)6)31(45)36-18-26(40)41/h7-13,15,19,23-24,42H,14,16-18H2,1-6H3,(H,35,43)(H,36,45)(H,37,44)(H,38,47)(H,40,41)/t23-,24+/m0/s1. The van der Waals surface area contributed by atoms with Gasteiger partial charge >= 0.3 is 5.97 Å². The van der Waals surface area contributed by atoms with Gasteiger partial charge in [-0.1, -0.05) is 71.0 Å². The number of carbonyl (C=O) groups is 5. The number of nitrogens with zero attached hydrogens (tertiary/aromatic N) is 1. The van der Waals surface area contributed by atoms with Gasteiger partial charge in [0, 0.05) is 30.8 Å². The number of rotatable bonds is 13. The van der Waals surface area contributed by atoms with E-state index in [1.165, 1.54) is 13.1 Å².